The number of hydrogen-bond acceptors (Lipinski definition) is 2. The molecule has 3 nitrogen and oxygen atoms in total. The van der Waals surface area contributed by atoms with Gasteiger partial charge in [0.05, 0.1) is 6.42 Å². The summed E-state index contributed by atoms with van der Waals surface area (Å²) in [5.41, 5.74) is 0.485. The van der Waals surface area contributed by atoms with Crippen LogP contribution in [-0.2, 0) is 11.2 Å². The highest BCUT2D eigenvalue weighted by molar-refractivity contribution is 9.09. The number of benzene rings is 1. The van der Waals surface area contributed by atoms with Crippen LogP contribution in [0.15, 0.2) is 24.3 Å². The zero-order valence-corrected chi connectivity index (χ0v) is 13.1. The molecule has 5 heteroatoms. The van der Waals surface area contributed by atoms with Crippen molar-refractivity contribution in [3.8, 4) is 0 Å². The van der Waals surface area contributed by atoms with Crippen molar-refractivity contribution in [2.45, 2.75) is 12.8 Å². The molecule has 0 unspecified atom stereocenters. The molecule has 1 amide bonds. The van der Waals surface area contributed by atoms with E-state index in [1.165, 1.54) is 6.07 Å². The fourth-order valence-electron chi connectivity index (χ4n) is 2.48. The largest absolute Gasteiger partial charge is 0.341 e. The minimum absolute atomic E-state index is 0.0239. The van der Waals surface area contributed by atoms with E-state index in [-0.39, 0.29) is 18.1 Å². The van der Waals surface area contributed by atoms with Crippen LogP contribution in [0.1, 0.15) is 12.0 Å². The van der Waals surface area contributed by atoms with Gasteiger partial charge in [0, 0.05) is 31.5 Å². The maximum atomic E-state index is 13.6. The second-order valence-corrected chi connectivity index (χ2v) is 5.83. The summed E-state index contributed by atoms with van der Waals surface area (Å²) in [5.74, 6) is -0.271. The van der Waals surface area contributed by atoms with Crippen LogP contribution in [0.5, 0.6) is 0 Å². The minimum Gasteiger partial charge on any atom is -0.341 e. The van der Waals surface area contributed by atoms with Crippen molar-refractivity contribution in [2.24, 2.45) is 0 Å². The first-order valence-electron chi connectivity index (χ1n) is 7.00. The predicted octanol–water partition coefficient (Wildman–Crippen LogP) is 2.30. The molecule has 1 aromatic rings. The molecule has 0 radical (unpaired) electrons. The van der Waals surface area contributed by atoms with Crippen molar-refractivity contribution in [2.75, 3.05) is 38.1 Å². The van der Waals surface area contributed by atoms with E-state index in [4.69, 9.17) is 0 Å². The lowest BCUT2D eigenvalue weighted by atomic mass is 10.1. The average Bonchev–Trinajstić information content (AvgIpc) is 2.67. The van der Waals surface area contributed by atoms with Crippen LogP contribution in [0.3, 0.4) is 0 Å². The third kappa shape index (κ3) is 4.28. The lowest BCUT2D eigenvalue weighted by Gasteiger charge is -2.21. The SMILES string of the molecule is O=C(Cc1ccccc1F)N1CCCN(CCBr)CC1. The summed E-state index contributed by atoms with van der Waals surface area (Å²) in [4.78, 5) is 16.5. The maximum Gasteiger partial charge on any atom is 0.227 e. The minimum atomic E-state index is -0.295. The van der Waals surface area contributed by atoms with Gasteiger partial charge >= 0.3 is 0 Å². The molecule has 1 heterocycles. The van der Waals surface area contributed by atoms with Gasteiger partial charge in [-0.15, -0.1) is 0 Å². The second-order valence-electron chi connectivity index (χ2n) is 5.03. The lowest BCUT2D eigenvalue weighted by Crippen LogP contribution is -2.36. The molecule has 1 fully saturated rings. The molecule has 1 aliphatic rings. The van der Waals surface area contributed by atoms with E-state index >= 15 is 0 Å². The summed E-state index contributed by atoms with van der Waals surface area (Å²) in [6.45, 7) is 4.44. The van der Waals surface area contributed by atoms with Crippen molar-refractivity contribution < 1.29 is 9.18 Å². The Bertz CT molecular complexity index is 455. The Morgan fingerprint density at radius 2 is 2.00 bits per heavy atom. The van der Waals surface area contributed by atoms with Crippen molar-refractivity contribution >= 4 is 21.8 Å². The van der Waals surface area contributed by atoms with Crippen molar-refractivity contribution in [1.82, 2.24) is 9.80 Å². The highest BCUT2D eigenvalue weighted by Gasteiger charge is 2.19. The van der Waals surface area contributed by atoms with Crippen LogP contribution < -0.4 is 0 Å². The molecule has 0 atom stereocenters. The molecule has 1 saturated heterocycles. The Morgan fingerprint density at radius 3 is 2.75 bits per heavy atom. The highest BCUT2D eigenvalue weighted by atomic mass is 79.9. The summed E-state index contributed by atoms with van der Waals surface area (Å²) in [6, 6.07) is 6.50. The molecule has 0 aromatic heterocycles. The average molecular weight is 343 g/mol. The van der Waals surface area contributed by atoms with Crippen molar-refractivity contribution in [1.29, 1.82) is 0 Å². The molecule has 1 aliphatic heterocycles. The van der Waals surface area contributed by atoms with Gasteiger partial charge in [-0.1, -0.05) is 34.1 Å². The topological polar surface area (TPSA) is 23.6 Å². The Hall–Kier alpha value is -0.940. The van der Waals surface area contributed by atoms with Gasteiger partial charge in [-0.2, -0.15) is 0 Å². The van der Waals surface area contributed by atoms with E-state index in [9.17, 15) is 9.18 Å². The summed E-state index contributed by atoms with van der Waals surface area (Å²) in [7, 11) is 0. The molecular weight excluding hydrogens is 323 g/mol. The number of hydrogen-bond donors (Lipinski definition) is 0. The fourth-order valence-corrected chi connectivity index (χ4v) is 2.98. The summed E-state index contributed by atoms with van der Waals surface area (Å²) in [6.07, 6.45) is 1.14. The van der Waals surface area contributed by atoms with E-state index in [2.05, 4.69) is 20.8 Å². The zero-order valence-electron chi connectivity index (χ0n) is 11.5. The first-order valence-corrected chi connectivity index (χ1v) is 8.12. The van der Waals surface area contributed by atoms with Gasteiger partial charge in [0.15, 0.2) is 0 Å². The van der Waals surface area contributed by atoms with E-state index in [0.29, 0.717) is 5.56 Å². The van der Waals surface area contributed by atoms with E-state index in [0.717, 1.165) is 44.5 Å². The number of alkyl halides is 1. The lowest BCUT2D eigenvalue weighted by molar-refractivity contribution is -0.130. The maximum absolute atomic E-state index is 13.6. The highest BCUT2D eigenvalue weighted by Crippen LogP contribution is 2.11. The molecular formula is C15H20BrFN2O. The summed E-state index contributed by atoms with van der Waals surface area (Å²) in [5, 5.41) is 0.955. The van der Waals surface area contributed by atoms with E-state index in [1.54, 1.807) is 18.2 Å². The van der Waals surface area contributed by atoms with Gasteiger partial charge < -0.3 is 9.80 Å². The van der Waals surface area contributed by atoms with Crippen LogP contribution in [0.25, 0.3) is 0 Å². The third-order valence-electron chi connectivity index (χ3n) is 3.64. The van der Waals surface area contributed by atoms with E-state index < -0.39 is 0 Å². The van der Waals surface area contributed by atoms with Crippen LogP contribution in [0.4, 0.5) is 4.39 Å². The molecule has 110 valence electrons. The monoisotopic (exact) mass is 342 g/mol. The number of rotatable bonds is 4. The van der Waals surface area contributed by atoms with Crippen LogP contribution >= 0.6 is 15.9 Å². The van der Waals surface area contributed by atoms with E-state index in [1.807, 2.05) is 4.90 Å². The molecule has 0 spiro atoms. The predicted molar refractivity (Wildman–Crippen MR) is 81.5 cm³/mol. The van der Waals surface area contributed by atoms with Crippen LogP contribution in [-0.4, -0.2) is 53.8 Å². The molecule has 2 rings (SSSR count). The van der Waals surface area contributed by atoms with Crippen LogP contribution in [0, 0.1) is 5.82 Å². The Balaban J connectivity index is 1.91. The number of halogens is 2. The third-order valence-corrected chi connectivity index (χ3v) is 4.00. The molecule has 0 aliphatic carbocycles. The summed E-state index contributed by atoms with van der Waals surface area (Å²) < 4.78 is 13.6. The molecule has 0 saturated carbocycles. The normalized spacial score (nSPS) is 17.0. The van der Waals surface area contributed by atoms with Gasteiger partial charge in [0.2, 0.25) is 5.91 Å². The van der Waals surface area contributed by atoms with Crippen molar-refractivity contribution in [3.05, 3.63) is 35.6 Å². The van der Waals surface area contributed by atoms with Crippen LogP contribution in [0.2, 0.25) is 0 Å². The second kappa shape index (κ2) is 7.74. The quantitative estimate of drug-likeness (QED) is 0.784. The van der Waals surface area contributed by atoms with Gasteiger partial charge in [-0.3, -0.25) is 4.79 Å². The Kier molecular flexibility index (Phi) is 5.98. The van der Waals surface area contributed by atoms with Gasteiger partial charge in [0.1, 0.15) is 5.82 Å². The number of amides is 1. The molecule has 0 N–H and O–H groups in total. The number of carbonyl (C=O) groups excluding carboxylic acids is 1. The zero-order chi connectivity index (χ0) is 14.4. The van der Waals surface area contributed by atoms with Crippen molar-refractivity contribution in [3.63, 3.8) is 0 Å². The summed E-state index contributed by atoms with van der Waals surface area (Å²) >= 11 is 3.44. The Labute approximate surface area is 127 Å². The molecule has 1 aromatic carbocycles. The standard InChI is InChI=1S/C15H20BrFN2O/c16-6-9-18-7-3-8-19(11-10-18)15(20)12-13-4-1-2-5-14(13)17/h1-2,4-5H,3,6-12H2. The Morgan fingerprint density at radius 1 is 1.20 bits per heavy atom. The number of nitrogens with zero attached hydrogens (tertiary/aromatic N) is 2. The van der Waals surface area contributed by atoms with Gasteiger partial charge in [-0.05, 0) is 24.6 Å². The number of carbonyl (C=O) groups is 1. The molecule has 20 heavy (non-hydrogen) atoms. The van der Waals surface area contributed by atoms with Gasteiger partial charge in [0.25, 0.3) is 0 Å². The first-order chi connectivity index (χ1) is 9.70. The fraction of sp³-hybridized carbons (Fsp3) is 0.533. The first kappa shape index (κ1) is 15.4. The smallest absolute Gasteiger partial charge is 0.227 e. The van der Waals surface area contributed by atoms with Gasteiger partial charge in [-0.25, -0.2) is 4.39 Å². The molecule has 0 bridgehead atoms.